The van der Waals surface area contributed by atoms with Gasteiger partial charge in [-0.1, -0.05) is 0 Å². The van der Waals surface area contributed by atoms with Gasteiger partial charge in [0.05, 0.1) is 0 Å². The van der Waals surface area contributed by atoms with E-state index in [4.69, 9.17) is 28.7 Å². The molecule has 0 aliphatic carbocycles. The average Bonchev–Trinajstić information content (AvgIpc) is 1.19. The van der Waals surface area contributed by atoms with Crippen molar-refractivity contribution in [2.45, 2.75) is 0 Å². The van der Waals surface area contributed by atoms with Crippen molar-refractivity contribution in [3.05, 3.63) is 0 Å². The van der Waals surface area contributed by atoms with E-state index in [9.17, 15) is 0 Å². The molecule has 0 radical (unpaired) electrons. The zero-order valence-electron chi connectivity index (χ0n) is 4.43. The first-order valence-corrected chi connectivity index (χ1v) is 5.12. The normalized spacial score (nSPS) is 9.60. The van der Waals surface area contributed by atoms with E-state index in [1.165, 1.54) is 0 Å². The van der Waals surface area contributed by atoms with Crippen LogP contribution >= 0.6 is 0 Å². The Morgan fingerprint density at radius 3 is 1.00 bits per heavy atom. The molecular formula is H5ClO7TiZr. The Morgan fingerprint density at radius 1 is 1.00 bits per heavy atom. The van der Waals surface area contributed by atoms with E-state index in [2.05, 4.69) is 0 Å². The van der Waals surface area contributed by atoms with Crippen LogP contribution in [0.1, 0.15) is 0 Å². The largest absolute Gasteiger partial charge is 0 e. The van der Waals surface area contributed by atoms with E-state index in [1.54, 1.807) is 0 Å². The van der Waals surface area contributed by atoms with Crippen molar-refractivity contribution in [1.82, 2.24) is 0 Å². The number of hydrogen-bond donors (Lipinski definition) is 5. The van der Waals surface area contributed by atoms with Crippen molar-refractivity contribution in [2.24, 2.45) is 0 Å². The SMILES string of the molecule is [O-][Cl+2]([O-])O.[OH][Ti]([OH])([OH])[OH].[Zr]. The number of hydrogen-bond acceptors (Lipinski definition) is 7. The summed E-state index contributed by atoms with van der Waals surface area (Å²) in [5, 5.41) is 0. The molecule has 0 saturated carbocycles. The van der Waals surface area contributed by atoms with Crippen molar-refractivity contribution in [3.8, 4) is 0 Å². The van der Waals surface area contributed by atoms with Crippen LogP contribution in [0, 0.1) is 10.8 Å². The summed E-state index contributed by atoms with van der Waals surface area (Å²) in [4.78, 5) is 0. The minimum atomic E-state index is -5.00. The van der Waals surface area contributed by atoms with Gasteiger partial charge in [-0.05, 0) is 0 Å². The number of halogens is 1. The van der Waals surface area contributed by atoms with Crippen LogP contribution in [-0.2, 0) is 44.3 Å². The average molecular weight is 292 g/mol. The minimum absolute atomic E-state index is 0. The van der Waals surface area contributed by atoms with E-state index >= 15 is 0 Å². The molecule has 0 aromatic heterocycles. The quantitative estimate of drug-likeness (QED) is 0.280. The van der Waals surface area contributed by atoms with Gasteiger partial charge in [-0.15, -0.1) is 0 Å². The molecule has 62 valence electrons. The molecule has 0 fully saturated rings. The monoisotopic (exact) mass is 290 g/mol. The van der Waals surface area contributed by atoms with E-state index in [0.717, 1.165) is 0 Å². The first-order chi connectivity index (χ1) is 3.73. The summed E-state index contributed by atoms with van der Waals surface area (Å²) < 4.78 is 53.5. The first kappa shape index (κ1) is 17.6. The van der Waals surface area contributed by atoms with Crippen LogP contribution in [0.15, 0.2) is 0 Å². The van der Waals surface area contributed by atoms with Gasteiger partial charge in [-0.2, -0.15) is 0 Å². The van der Waals surface area contributed by atoms with E-state index in [0.29, 0.717) is 0 Å². The van der Waals surface area contributed by atoms with Crippen molar-refractivity contribution in [1.29, 1.82) is 0 Å². The summed E-state index contributed by atoms with van der Waals surface area (Å²) >= 11 is -5.00. The molecule has 0 unspecified atom stereocenters. The molecule has 0 aromatic rings. The molecule has 0 heterocycles. The molecule has 10 heavy (non-hydrogen) atoms. The van der Waals surface area contributed by atoms with Gasteiger partial charge in [0.15, 0.2) is 0 Å². The molecule has 5 N–H and O–H groups in total. The Hall–Kier alpha value is 1.61. The van der Waals surface area contributed by atoms with Crippen LogP contribution in [0.3, 0.4) is 0 Å². The number of rotatable bonds is 0. The van der Waals surface area contributed by atoms with Crippen molar-refractivity contribution in [2.75, 3.05) is 0 Å². The van der Waals surface area contributed by atoms with Gasteiger partial charge in [0.2, 0.25) is 0 Å². The molecule has 0 amide bonds. The Balaban J connectivity index is -0.0000000910. The van der Waals surface area contributed by atoms with Crippen LogP contribution in [0.2, 0.25) is 0 Å². The summed E-state index contributed by atoms with van der Waals surface area (Å²) in [5.74, 6) is 0. The Morgan fingerprint density at radius 2 is 1.00 bits per heavy atom. The molecule has 0 spiro atoms. The Labute approximate surface area is 83.3 Å². The molecule has 0 aliphatic rings. The Kier molecular flexibility index (Phi) is 15.3. The fourth-order valence-electron chi connectivity index (χ4n) is 0. The second kappa shape index (κ2) is 8.70. The molecule has 0 saturated heterocycles. The van der Waals surface area contributed by atoms with Crippen LogP contribution in [0.5, 0.6) is 0 Å². The third kappa shape index (κ3) is 275. The van der Waals surface area contributed by atoms with Crippen molar-refractivity contribution in [3.63, 3.8) is 0 Å². The van der Waals surface area contributed by atoms with Gasteiger partial charge in [-0.3, -0.25) is 0 Å². The van der Waals surface area contributed by atoms with Crippen LogP contribution in [0.25, 0.3) is 0 Å². The maximum atomic E-state index is 8.52. The summed E-state index contributed by atoms with van der Waals surface area (Å²) in [7, 11) is -2.60. The summed E-state index contributed by atoms with van der Waals surface area (Å²) in [5.41, 5.74) is 0. The molecule has 0 rings (SSSR count). The zero-order valence-corrected chi connectivity index (χ0v) is 9.21. The topological polar surface area (TPSA) is 147 Å². The fourth-order valence-corrected chi connectivity index (χ4v) is 0. The van der Waals surface area contributed by atoms with Gasteiger partial charge in [0, 0.05) is 30.9 Å². The van der Waals surface area contributed by atoms with Crippen LogP contribution < -0.4 is 9.32 Å². The minimum Gasteiger partial charge on any atom is 0 e. The maximum absolute atomic E-state index is 8.52. The zero-order chi connectivity index (χ0) is 8.08. The molecule has 0 aromatic carbocycles. The summed E-state index contributed by atoms with van der Waals surface area (Å²) in [6, 6.07) is 0. The van der Waals surface area contributed by atoms with Gasteiger partial charge >= 0.3 is 32.9 Å². The Bertz CT molecular complexity index is 50.4. The van der Waals surface area contributed by atoms with Gasteiger partial charge < -0.3 is 9.32 Å². The van der Waals surface area contributed by atoms with E-state index in [-0.39, 0.29) is 26.2 Å². The maximum Gasteiger partial charge on any atom is 0 e. The molecule has 0 aliphatic heterocycles. The molecule has 7 nitrogen and oxygen atoms in total. The van der Waals surface area contributed by atoms with Crippen molar-refractivity contribution >= 4 is 0 Å². The molecular weight excluding hydrogens is 287 g/mol. The van der Waals surface area contributed by atoms with Gasteiger partial charge in [-0.25, -0.2) is 0 Å². The van der Waals surface area contributed by atoms with Crippen molar-refractivity contribution < 1.29 is 83.9 Å². The first-order valence-electron chi connectivity index (χ1n) is 1.37. The summed E-state index contributed by atoms with van der Waals surface area (Å²) in [6.07, 6.45) is 0. The fraction of sp³-hybridized carbons (Fsp3) is 0. The second-order valence-corrected chi connectivity index (χ2v) is 3.08. The smallest absolute Gasteiger partial charge is 0 e. The molecule has 0 atom stereocenters. The standard InChI is InChI=1S/ClHO3.4H2O.Ti.Zr/c2-1(3)4;;;;;;/h2H;4*1H2;;/q;;;;;+4;/p-4. The van der Waals surface area contributed by atoms with Crippen LogP contribution in [0.4, 0.5) is 0 Å². The van der Waals surface area contributed by atoms with Gasteiger partial charge in [0.1, 0.15) is 0 Å². The second-order valence-electron chi connectivity index (χ2n) is 0.801. The van der Waals surface area contributed by atoms with E-state index in [1.807, 2.05) is 0 Å². The predicted molar refractivity (Wildman–Crippen MR) is 11.1 cm³/mol. The summed E-state index contributed by atoms with van der Waals surface area (Å²) in [6.45, 7) is 0. The van der Waals surface area contributed by atoms with E-state index < -0.39 is 28.9 Å². The molecule has 10 heteroatoms. The third-order valence-corrected chi connectivity index (χ3v) is 0. The van der Waals surface area contributed by atoms with Gasteiger partial charge in [0.25, 0.3) is 10.8 Å². The third-order valence-electron chi connectivity index (χ3n) is 0. The molecule has 0 bridgehead atoms. The van der Waals surface area contributed by atoms with Crippen LogP contribution in [-0.4, -0.2) is 19.4 Å². The predicted octanol–water partition coefficient (Wildman–Crippen LogP) is -5.17.